The number of carbonyl (C=O) groups is 1. The summed E-state index contributed by atoms with van der Waals surface area (Å²) in [6.07, 6.45) is 52.7. The number of piperidine rings is 1. The summed E-state index contributed by atoms with van der Waals surface area (Å²) in [5, 5.41) is 0. The Hall–Kier alpha value is -0.570. The van der Waals surface area contributed by atoms with Gasteiger partial charge in [0, 0.05) is 6.42 Å². The van der Waals surface area contributed by atoms with Crippen molar-refractivity contribution < 1.29 is 9.53 Å². The number of hydrogen-bond donors (Lipinski definition) is 0. The first kappa shape index (κ1) is 50.4. The average Bonchev–Trinajstić information content (AvgIpc) is 3.17. The molecule has 0 atom stereocenters. The second kappa shape index (κ2) is 39.7. The zero-order valence-electron chi connectivity index (χ0n) is 37.2. The smallest absolute Gasteiger partial charge is 0.306 e. The van der Waals surface area contributed by atoms with E-state index in [0.29, 0.717) is 6.42 Å². The van der Waals surface area contributed by atoms with Crippen LogP contribution in [0.1, 0.15) is 278 Å². The monoisotopic (exact) mass is 746 g/mol. The van der Waals surface area contributed by atoms with E-state index < -0.39 is 0 Å². The molecule has 0 aliphatic carbocycles. The Balaban J connectivity index is 2.21. The summed E-state index contributed by atoms with van der Waals surface area (Å²) < 4.78 is 6.17. The number of likely N-dealkylation sites (tertiary alicyclic amines) is 1. The van der Waals surface area contributed by atoms with Gasteiger partial charge in [-0.2, -0.15) is 0 Å². The SMILES string of the molecule is CCCCC(CCCC)CCCCCCCCCCCC(CCCCCCCCCCCC(CCCC)CCCC)OC(=O)CCCN1CCCCC1. The van der Waals surface area contributed by atoms with Crippen LogP contribution in [-0.4, -0.2) is 36.6 Å². The minimum atomic E-state index is 0.0658. The van der Waals surface area contributed by atoms with Crippen LogP contribution in [0.25, 0.3) is 0 Å². The lowest BCUT2D eigenvalue weighted by atomic mass is 9.90. The highest BCUT2D eigenvalue weighted by Gasteiger charge is 2.16. The minimum Gasteiger partial charge on any atom is -0.462 e. The highest BCUT2D eigenvalue weighted by molar-refractivity contribution is 5.69. The fourth-order valence-corrected chi connectivity index (χ4v) is 9.06. The van der Waals surface area contributed by atoms with Crippen LogP contribution in [0.5, 0.6) is 0 Å². The molecule has 316 valence electrons. The van der Waals surface area contributed by atoms with Gasteiger partial charge in [0.05, 0.1) is 0 Å². The molecule has 1 rings (SSSR count). The number of rotatable bonds is 41. The summed E-state index contributed by atoms with van der Waals surface area (Å²) in [5.74, 6) is 2.06. The maximum Gasteiger partial charge on any atom is 0.306 e. The molecule has 53 heavy (non-hydrogen) atoms. The van der Waals surface area contributed by atoms with Crippen molar-refractivity contribution in [3.05, 3.63) is 0 Å². The first-order valence-electron chi connectivity index (χ1n) is 25.0. The van der Waals surface area contributed by atoms with Gasteiger partial charge in [-0.05, 0) is 76.4 Å². The van der Waals surface area contributed by atoms with Crippen molar-refractivity contribution >= 4 is 5.97 Å². The van der Waals surface area contributed by atoms with Gasteiger partial charge in [0.1, 0.15) is 6.10 Å². The molecule has 0 aromatic carbocycles. The van der Waals surface area contributed by atoms with Crippen molar-refractivity contribution in [1.82, 2.24) is 4.90 Å². The fraction of sp³-hybridized carbons (Fsp3) is 0.980. The predicted octanol–water partition coefficient (Wildman–Crippen LogP) is 16.7. The molecule has 0 aromatic rings. The Morgan fingerprint density at radius 3 is 1.09 bits per heavy atom. The molecule has 0 radical (unpaired) electrons. The summed E-state index contributed by atoms with van der Waals surface area (Å²) >= 11 is 0. The van der Waals surface area contributed by atoms with E-state index in [9.17, 15) is 4.79 Å². The van der Waals surface area contributed by atoms with Crippen LogP contribution in [0.2, 0.25) is 0 Å². The van der Waals surface area contributed by atoms with Gasteiger partial charge >= 0.3 is 5.97 Å². The van der Waals surface area contributed by atoms with Gasteiger partial charge in [-0.25, -0.2) is 0 Å². The van der Waals surface area contributed by atoms with E-state index in [2.05, 4.69) is 32.6 Å². The van der Waals surface area contributed by atoms with Crippen LogP contribution < -0.4 is 0 Å². The second-order valence-electron chi connectivity index (χ2n) is 17.9. The van der Waals surface area contributed by atoms with Crippen LogP contribution in [-0.2, 0) is 9.53 Å². The van der Waals surface area contributed by atoms with Gasteiger partial charge < -0.3 is 9.64 Å². The van der Waals surface area contributed by atoms with Gasteiger partial charge in [0.2, 0.25) is 0 Å². The van der Waals surface area contributed by atoms with E-state index in [1.54, 1.807) is 0 Å². The molecular formula is C50H99NO2. The summed E-state index contributed by atoms with van der Waals surface area (Å²) in [6, 6.07) is 0. The van der Waals surface area contributed by atoms with Crippen LogP contribution in [0.4, 0.5) is 0 Å². The molecule has 1 aliphatic heterocycles. The molecule has 1 fully saturated rings. The topological polar surface area (TPSA) is 29.5 Å². The maximum absolute atomic E-state index is 12.9. The second-order valence-corrected chi connectivity index (χ2v) is 17.9. The van der Waals surface area contributed by atoms with E-state index in [-0.39, 0.29) is 12.1 Å². The number of unbranched alkanes of at least 4 members (excludes halogenated alkanes) is 20. The van der Waals surface area contributed by atoms with Crippen LogP contribution in [0, 0.1) is 11.8 Å². The van der Waals surface area contributed by atoms with Gasteiger partial charge in [-0.3, -0.25) is 4.79 Å². The number of nitrogens with zero attached hydrogens (tertiary/aromatic N) is 1. The Labute approximate surface area is 335 Å². The van der Waals surface area contributed by atoms with Crippen molar-refractivity contribution in [2.45, 2.75) is 284 Å². The Kier molecular flexibility index (Phi) is 37.7. The lowest BCUT2D eigenvalue weighted by molar-refractivity contribution is -0.150. The number of ether oxygens (including phenoxy) is 1. The Morgan fingerprint density at radius 1 is 0.415 bits per heavy atom. The average molecular weight is 746 g/mol. The van der Waals surface area contributed by atoms with E-state index in [0.717, 1.165) is 37.6 Å². The molecule has 0 saturated carbocycles. The quantitative estimate of drug-likeness (QED) is 0.0461. The van der Waals surface area contributed by atoms with E-state index >= 15 is 0 Å². The van der Waals surface area contributed by atoms with Crippen molar-refractivity contribution in [3.63, 3.8) is 0 Å². The Morgan fingerprint density at radius 2 is 0.736 bits per heavy atom. The highest BCUT2D eigenvalue weighted by Crippen LogP contribution is 2.25. The molecule has 0 bridgehead atoms. The van der Waals surface area contributed by atoms with E-state index in [1.807, 2.05) is 0 Å². The third kappa shape index (κ3) is 33.3. The van der Waals surface area contributed by atoms with Crippen molar-refractivity contribution in [2.75, 3.05) is 19.6 Å². The molecule has 1 heterocycles. The van der Waals surface area contributed by atoms with Crippen LogP contribution in [0.15, 0.2) is 0 Å². The molecule has 3 nitrogen and oxygen atoms in total. The molecule has 3 heteroatoms. The van der Waals surface area contributed by atoms with Gasteiger partial charge in [-0.1, -0.05) is 227 Å². The molecule has 1 aliphatic rings. The normalized spacial score (nSPS) is 13.9. The largest absolute Gasteiger partial charge is 0.462 e. The zero-order chi connectivity index (χ0) is 38.3. The molecule has 0 aromatic heterocycles. The number of hydrogen-bond acceptors (Lipinski definition) is 3. The predicted molar refractivity (Wildman–Crippen MR) is 236 cm³/mol. The molecule has 0 spiro atoms. The maximum atomic E-state index is 12.9. The molecule has 0 N–H and O–H groups in total. The van der Waals surface area contributed by atoms with E-state index in [4.69, 9.17) is 4.74 Å². The number of esters is 1. The standard InChI is InChI=1S/C50H99NO2/c1-5-9-35-47(36-10-6-2)39-28-23-19-15-13-17-21-25-30-41-49(53-50(52)43-34-46-51-44-32-27-33-45-51)42-31-26-22-18-14-16-20-24-29-40-48(37-11-7-3)38-12-8-4/h47-49H,5-46H2,1-4H3. The first-order chi connectivity index (χ1) is 26.1. The lowest BCUT2D eigenvalue weighted by Crippen LogP contribution is -2.31. The highest BCUT2D eigenvalue weighted by atomic mass is 16.5. The third-order valence-electron chi connectivity index (χ3n) is 12.7. The van der Waals surface area contributed by atoms with Crippen molar-refractivity contribution in [1.29, 1.82) is 0 Å². The lowest BCUT2D eigenvalue weighted by Gasteiger charge is -2.26. The molecule has 0 unspecified atom stereocenters. The van der Waals surface area contributed by atoms with Crippen LogP contribution >= 0.6 is 0 Å². The number of carbonyl (C=O) groups excluding carboxylic acids is 1. The molecular weight excluding hydrogens is 647 g/mol. The summed E-state index contributed by atoms with van der Waals surface area (Å²) in [4.78, 5) is 15.4. The molecule has 1 saturated heterocycles. The molecule has 0 amide bonds. The first-order valence-corrected chi connectivity index (χ1v) is 25.0. The zero-order valence-corrected chi connectivity index (χ0v) is 37.2. The van der Waals surface area contributed by atoms with Gasteiger partial charge in [0.25, 0.3) is 0 Å². The minimum absolute atomic E-state index is 0.0658. The van der Waals surface area contributed by atoms with Crippen molar-refractivity contribution in [2.24, 2.45) is 11.8 Å². The summed E-state index contributed by atoms with van der Waals surface area (Å²) in [6.45, 7) is 12.9. The third-order valence-corrected chi connectivity index (χ3v) is 12.7. The van der Waals surface area contributed by atoms with Gasteiger partial charge in [0.15, 0.2) is 0 Å². The van der Waals surface area contributed by atoms with Gasteiger partial charge in [-0.15, -0.1) is 0 Å². The van der Waals surface area contributed by atoms with E-state index in [1.165, 1.54) is 238 Å². The Bertz CT molecular complexity index is 675. The van der Waals surface area contributed by atoms with Crippen LogP contribution in [0.3, 0.4) is 0 Å². The summed E-state index contributed by atoms with van der Waals surface area (Å²) in [7, 11) is 0. The fourth-order valence-electron chi connectivity index (χ4n) is 9.06. The van der Waals surface area contributed by atoms with Crippen molar-refractivity contribution in [3.8, 4) is 0 Å². The summed E-state index contributed by atoms with van der Waals surface area (Å²) in [5.41, 5.74) is 0.